The minimum atomic E-state index is -0.826. The zero-order valence-electron chi connectivity index (χ0n) is 22.2. The van der Waals surface area contributed by atoms with Gasteiger partial charge in [0.25, 0.3) is 0 Å². The van der Waals surface area contributed by atoms with Crippen molar-refractivity contribution in [2.24, 2.45) is 5.92 Å². The van der Waals surface area contributed by atoms with Crippen molar-refractivity contribution in [3.8, 4) is 0 Å². The summed E-state index contributed by atoms with van der Waals surface area (Å²) in [5.74, 6) is -0.988. The molecule has 38 heavy (non-hydrogen) atoms. The largest absolute Gasteiger partial charge is 0.354 e. The lowest BCUT2D eigenvalue weighted by molar-refractivity contribution is -0.142. The van der Waals surface area contributed by atoms with E-state index >= 15 is 0 Å². The summed E-state index contributed by atoms with van der Waals surface area (Å²) in [4.78, 5) is 47.0. The molecule has 5 rings (SSSR count). The monoisotopic (exact) mass is 520 g/mol. The lowest BCUT2D eigenvalue weighted by atomic mass is 9.75. The number of rotatable bonds is 10. The summed E-state index contributed by atoms with van der Waals surface area (Å²) >= 11 is 0. The minimum absolute atomic E-state index is 0.00314. The quantitative estimate of drug-likeness (QED) is 0.523. The van der Waals surface area contributed by atoms with E-state index < -0.39 is 11.6 Å². The van der Waals surface area contributed by atoms with Crippen molar-refractivity contribution in [1.29, 1.82) is 0 Å². The van der Waals surface area contributed by atoms with Crippen molar-refractivity contribution in [1.82, 2.24) is 20.0 Å². The average Bonchev–Trinajstić information content (AvgIpc) is 3.50. The van der Waals surface area contributed by atoms with Gasteiger partial charge < -0.3 is 20.0 Å². The van der Waals surface area contributed by atoms with E-state index in [0.717, 1.165) is 30.5 Å². The molecule has 3 fully saturated rings. The molecule has 1 N–H and O–H groups in total. The van der Waals surface area contributed by atoms with Crippen molar-refractivity contribution in [3.63, 3.8) is 0 Å². The Hall–Kier alpha value is -3.26. The molecule has 0 aromatic heterocycles. The molecule has 0 saturated carbocycles. The lowest BCUT2D eigenvalue weighted by Crippen LogP contribution is -2.61. The molecular weight excluding hydrogens is 483 g/mol. The summed E-state index contributed by atoms with van der Waals surface area (Å²) in [6.07, 6.45) is 3.86. The molecule has 3 aliphatic heterocycles. The van der Waals surface area contributed by atoms with Gasteiger partial charge in [-0.3, -0.25) is 14.4 Å². The number of nitrogens with one attached hydrogen (secondary N) is 1. The van der Waals surface area contributed by atoms with E-state index in [1.54, 1.807) is 17.0 Å². The smallest absolute Gasteiger partial charge is 0.245 e. The van der Waals surface area contributed by atoms with Crippen molar-refractivity contribution in [2.75, 3.05) is 27.2 Å². The number of hydrogen-bond donors (Lipinski definition) is 1. The number of likely N-dealkylation sites (tertiary alicyclic amines) is 1. The molecule has 2 aromatic rings. The number of benzene rings is 2. The number of hydrogen-bond acceptors (Lipinski definition) is 4. The van der Waals surface area contributed by atoms with Gasteiger partial charge in [0.05, 0.1) is 11.5 Å². The first-order chi connectivity index (χ1) is 18.3. The normalized spacial score (nSPS) is 25.8. The number of fused-ring (bicyclic) bond motifs is 1. The maximum Gasteiger partial charge on any atom is 0.245 e. The first-order valence-corrected chi connectivity index (χ1v) is 13.6. The van der Waals surface area contributed by atoms with E-state index in [2.05, 4.69) is 10.2 Å². The molecule has 0 radical (unpaired) electrons. The molecule has 3 aliphatic rings. The Morgan fingerprint density at radius 1 is 1.08 bits per heavy atom. The molecule has 3 heterocycles. The fourth-order valence-electron chi connectivity index (χ4n) is 6.90. The standard InChI is InChI=1S/C30H37FN4O3/c1-33(2)18-6-9-26(36)35-24-14-16-30(35)25(19-24)29(38)34(20-22-10-12-23(31)13-11-22)27(30)28(37)32-17-15-21-7-4-3-5-8-21/h3-5,7-8,10-13,24-25,27H,6,9,14-20H2,1-2H3,(H,32,37)/t24?,25-,27+,30?/m1/s1. The van der Waals surface area contributed by atoms with Crippen LogP contribution in [0.3, 0.4) is 0 Å². The van der Waals surface area contributed by atoms with Crippen molar-refractivity contribution in [3.05, 3.63) is 71.5 Å². The zero-order chi connectivity index (χ0) is 26.9. The second-order valence-electron chi connectivity index (χ2n) is 11.2. The fraction of sp³-hybridized carbons (Fsp3) is 0.500. The Kier molecular flexibility index (Phi) is 7.52. The highest BCUT2D eigenvalue weighted by Gasteiger charge is 2.72. The van der Waals surface area contributed by atoms with Gasteiger partial charge in [-0.1, -0.05) is 42.5 Å². The average molecular weight is 521 g/mol. The summed E-state index contributed by atoms with van der Waals surface area (Å²) in [5.41, 5.74) is 1.05. The van der Waals surface area contributed by atoms with Crippen LogP contribution in [-0.4, -0.2) is 77.2 Å². The highest BCUT2D eigenvalue weighted by Crippen LogP contribution is 2.57. The number of carbonyl (C=O) groups is 3. The van der Waals surface area contributed by atoms with Crippen LogP contribution < -0.4 is 5.32 Å². The Morgan fingerprint density at radius 3 is 2.53 bits per heavy atom. The van der Waals surface area contributed by atoms with Crippen molar-refractivity contribution in [2.45, 2.75) is 62.7 Å². The topological polar surface area (TPSA) is 73.0 Å². The first-order valence-electron chi connectivity index (χ1n) is 13.6. The number of carbonyl (C=O) groups excluding carboxylic acids is 3. The zero-order valence-corrected chi connectivity index (χ0v) is 22.2. The Balaban J connectivity index is 1.42. The minimum Gasteiger partial charge on any atom is -0.354 e. The summed E-state index contributed by atoms with van der Waals surface area (Å²) in [7, 11) is 3.97. The molecule has 2 aromatic carbocycles. The van der Waals surface area contributed by atoms with Gasteiger partial charge in [0, 0.05) is 25.6 Å². The first kappa shape index (κ1) is 26.4. The van der Waals surface area contributed by atoms with Gasteiger partial charge in [-0.2, -0.15) is 0 Å². The van der Waals surface area contributed by atoms with Gasteiger partial charge in [0.1, 0.15) is 11.9 Å². The number of amides is 3. The molecule has 2 bridgehead atoms. The van der Waals surface area contributed by atoms with Crippen LogP contribution in [0.1, 0.15) is 43.2 Å². The molecule has 2 unspecified atom stereocenters. The van der Waals surface area contributed by atoms with Gasteiger partial charge in [0.2, 0.25) is 17.7 Å². The van der Waals surface area contributed by atoms with Gasteiger partial charge in [0.15, 0.2) is 0 Å². The van der Waals surface area contributed by atoms with E-state index in [4.69, 9.17) is 0 Å². The number of nitrogens with zero attached hydrogens (tertiary/aromatic N) is 3. The lowest BCUT2D eigenvalue weighted by Gasteiger charge is -2.40. The Bertz CT molecular complexity index is 1170. The van der Waals surface area contributed by atoms with Crippen LogP contribution in [0.2, 0.25) is 0 Å². The molecule has 7 nitrogen and oxygen atoms in total. The van der Waals surface area contributed by atoms with Crippen molar-refractivity contribution < 1.29 is 18.8 Å². The van der Waals surface area contributed by atoms with Gasteiger partial charge in [-0.05, 0) is 76.0 Å². The fourth-order valence-corrected chi connectivity index (χ4v) is 6.90. The molecule has 3 amide bonds. The van der Waals surface area contributed by atoms with E-state index in [1.807, 2.05) is 49.3 Å². The van der Waals surface area contributed by atoms with Gasteiger partial charge >= 0.3 is 0 Å². The Morgan fingerprint density at radius 2 is 1.82 bits per heavy atom. The summed E-state index contributed by atoms with van der Waals surface area (Å²) in [6, 6.07) is 15.2. The van der Waals surface area contributed by atoms with E-state index in [9.17, 15) is 18.8 Å². The van der Waals surface area contributed by atoms with Crippen molar-refractivity contribution >= 4 is 17.7 Å². The van der Waals surface area contributed by atoms with Crippen LogP contribution in [0, 0.1) is 11.7 Å². The SMILES string of the molecule is CN(C)CCCC(=O)N1C2CCC13[C@H](C2)C(=O)N(Cc1ccc(F)cc1)[C@H]3C(=O)NCCc1ccccc1. The third-order valence-electron chi connectivity index (χ3n) is 8.50. The molecule has 0 aliphatic carbocycles. The van der Waals surface area contributed by atoms with Crippen LogP contribution in [0.25, 0.3) is 0 Å². The van der Waals surface area contributed by atoms with Crippen LogP contribution in [0.5, 0.6) is 0 Å². The van der Waals surface area contributed by atoms with Crippen LogP contribution >= 0.6 is 0 Å². The van der Waals surface area contributed by atoms with E-state index in [-0.39, 0.29) is 42.0 Å². The molecule has 4 atom stereocenters. The van der Waals surface area contributed by atoms with Gasteiger partial charge in [-0.15, -0.1) is 0 Å². The summed E-state index contributed by atoms with van der Waals surface area (Å²) < 4.78 is 13.6. The summed E-state index contributed by atoms with van der Waals surface area (Å²) in [5, 5.41) is 3.09. The van der Waals surface area contributed by atoms with E-state index in [0.29, 0.717) is 32.2 Å². The van der Waals surface area contributed by atoms with Crippen LogP contribution in [0.15, 0.2) is 54.6 Å². The highest BCUT2D eigenvalue weighted by atomic mass is 19.1. The summed E-state index contributed by atoms with van der Waals surface area (Å²) in [6.45, 7) is 1.46. The number of halogens is 1. The maximum atomic E-state index is 13.9. The van der Waals surface area contributed by atoms with Crippen LogP contribution in [-0.2, 0) is 27.3 Å². The van der Waals surface area contributed by atoms with Gasteiger partial charge in [-0.25, -0.2) is 4.39 Å². The third-order valence-corrected chi connectivity index (χ3v) is 8.50. The molecule has 202 valence electrons. The second-order valence-corrected chi connectivity index (χ2v) is 11.2. The maximum absolute atomic E-state index is 13.9. The molecular formula is C30H37FN4O3. The van der Waals surface area contributed by atoms with Crippen LogP contribution in [0.4, 0.5) is 4.39 Å². The molecule has 1 spiro atoms. The highest BCUT2D eigenvalue weighted by molar-refractivity contribution is 5.97. The third kappa shape index (κ3) is 4.82. The second kappa shape index (κ2) is 10.8. The predicted molar refractivity (Wildman–Crippen MR) is 142 cm³/mol. The van der Waals surface area contributed by atoms with E-state index in [1.165, 1.54) is 12.1 Å². The predicted octanol–water partition coefficient (Wildman–Crippen LogP) is 2.99. The molecule has 8 heteroatoms. The Labute approximate surface area is 224 Å². The molecule has 3 saturated heterocycles.